The summed E-state index contributed by atoms with van der Waals surface area (Å²) in [6.07, 6.45) is -1.41. The van der Waals surface area contributed by atoms with Crippen LogP contribution in [0.1, 0.15) is 37.6 Å². The summed E-state index contributed by atoms with van der Waals surface area (Å²) in [5.41, 5.74) is 18.5. The summed E-state index contributed by atoms with van der Waals surface area (Å²) < 4.78 is 7.52. The van der Waals surface area contributed by atoms with Gasteiger partial charge >= 0.3 is 0 Å². The number of carbonyl (C=O) groups is 3. The number of likely N-dealkylation sites (N-methyl/N-ethyl adjacent to an activating group) is 1. The average Bonchev–Trinajstić information content (AvgIpc) is 3.69. The number of nitrogens with two attached hydrogens (primary N) is 2. The highest BCUT2D eigenvalue weighted by molar-refractivity contribution is 5.91. The van der Waals surface area contributed by atoms with E-state index in [0.29, 0.717) is 62.2 Å². The molecule has 3 heterocycles. The van der Waals surface area contributed by atoms with Gasteiger partial charge in [0, 0.05) is 50.9 Å². The number of benzene rings is 2. The molecule has 51 heavy (non-hydrogen) atoms. The molecule has 5 rings (SSSR count). The van der Waals surface area contributed by atoms with Gasteiger partial charge in [0.2, 0.25) is 18.2 Å². The Morgan fingerprint density at radius 3 is 2.39 bits per heavy atom. The minimum absolute atomic E-state index is 0.112. The van der Waals surface area contributed by atoms with Gasteiger partial charge in [0.25, 0.3) is 0 Å². The molecule has 2 aromatic carbocycles. The van der Waals surface area contributed by atoms with Crippen molar-refractivity contribution in [2.45, 2.75) is 63.9 Å². The van der Waals surface area contributed by atoms with Gasteiger partial charge in [-0.25, -0.2) is 15.0 Å². The maximum Gasteiger partial charge on any atom is 0.223 e. The number of ether oxygens (including phenoxy) is 1. The summed E-state index contributed by atoms with van der Waals surface area (Å²) in [7, 11) is 0. The number of aliphatic hydroxyl groups excluding tert-OH is 2. The van der Waals surface area contributed by atoms with E-state index in [9.17, 15) is 24.6 Å². The largest absolute Gasteiger partial charge is 0.399 e. The van der Waals surface area contributed by atoms with Crippen LogP contribution in [0.3, 0.4) is 0 Å². The Morgan fingerprint density at radius 1 is 1.02 bits per heavy atom. The van der Waals surface area contributed by atoms with Crippen LogP contribution >= 0.6 is 0 Å². The lowest BCUT2D eigenvalue weighted by atomic mass is 10.1. The zero-order valence-corrected chi connectivity index (χ0v) is 28.5. The van der Waals surface area contributed by atoms with Gasteiger partial charge in [-0.2, -0.15) is 5.48 Å². The molecule has 1 aliphatic heterocycles. The molecule has 17 heteroatoms. The maximum atomic E-state index is 12.5. The van der Waals surface area contributed by atoms with Crippen molar-refractivity contribution in [3.8, 4) is 0 Å². The Morgan fingerprint density at radius 2 is 1.73 bits per heavy atom. The molecule has 0 aliphatic carbocycles. The molecule has 0 radical (unpaired) electrons. The van der Waals surface area contributed by atoms with Crippen molar-refractivity contribution in [2.24, 2.45) is 0 Å². The number of nitrogens with one attached hydrogen (secondary N) is 2. The Balaban J connectivity index is 1.08. The molecular formula is C34H44N10O7. The van der Waals surface area contributed by atoms with E-state index < -0.39 is 30.8 Å². The Labute approximate surface area is 294 Å². The number of aryl methyl sites for hydroxylation is 1. The number of amides is 3. The van der Waals surface area contributed by atoms with Crippen LogP contribution in [0.25, 0.3) is 11.2 Å². The number of hydrogen-bond acceptors (Lipinski definition) is 13. The number of fused-ring (bicyclic) bond motifs is 1. The molecule has 272 valence electrons. The number of rotatable bonds is 17. The number of nitrogen functional groups attached to an aromatic ring is 2. The summed E-state index contributed by atoms with van der Waals surface area (Å²) in [5.74, 6) is -0.0805. The zero-order chi connectivity index (χ0) is 36.5. The van der Waals surface area contributed by atoms with E-state index in [-0.39, 0.29) is 24.2 Å². The topological polar surface area (TPSA) is 236 Å². The quantitative estimate of drug-likeness (QED) is 0.0285. The molecule has 4 aromatic rings. The summed E-state index contributed by atoms with van der Waals surface area (Å²) in [5, 5.41) is 24.8. The van der Waals surface area contributed by atoms with Crippen LogP contribution in [0, 0.1) is 0 Å². The first-order valence-electron chi connectivity index (χ1n) is 16.6. The van der Waals surface area contributed by atoms with Gasteiger partial charge in [-0.05, 0) is 55.2 Å². The predicted molar refractivity (Wildman–Crippen MR) is 187 cm³/mol. The SMILES string of the molecule is CCN(C=O)C(ONCCc1ccc(CCC(=O)NCCN(C(C)=O)c2ccc(N)cc2)cc1)[C@H]1O[C@@H](n2cnc3c(N)ncnc32)[C@H](O)[C@@H]1O. The molecule has 0 bridgehead atoms. The van der Waals surface area contributed by atoms with Crippen molar-refractivity contribution < 1.29 is 34.2 Å². The number of hydroxylamine groups is 1. The highest BCUT2D eigenvalue weighted by Crippen LogP contribution is 2.34. The van der Waals surface area contributed by atoms with Crippen LogP contribution in [0.15, 0.2) is 61.2 Å². The standard InChI is InChI=1S/C34H44N10O7/c1-3-42(20-45)34(30-28(48)29(49)33(50-30)44-19-40-27-31(36)38-18-39-32(27)44)51-41-15-14-23-6-4-22(5-7-23)8-13-26(47)37-16-17-43(21(2)46)25-11-9-24(35)10-12-25/h4-7,9-12,18-20,28-30,33-34,41,48-49H,3,8,13-17,35H2,1-2H3,(H,37,47)(H2,36,38,39)/t28-,29+,30-,33+,34?/m0/s1. The molecule has 1 saturated heterocycles. The summed E-state index contributed by atoms with van der Waals surface area (Å²) >= 11 is 0. The summed E-state index contributed by atoms with van der Waals surface area (Å²) in [4.78, 5) is 57.6. The first kappa shape index (κ1) is 37.1. The van der Waals surface area contributed by atoms with Crippen molar-refractivity contribution >= 4 is 46.6 Å². The normalized spacial score (nSPS) is 19.1. The number of nitrogens with zero attached hydrogens (tertiary/aromatic N) is 6. The Bertz CT molecular complexity index is 1770. The van der Waals surface area contributed by atoms with Gasteiger partial charge in [0.05, 0.1) is 6.33 Å². The second-order valence-electron chi connectivity index (χ2n) is 12.1. The molecule has 1 unspecified atom stereocenters. The fourth-order valence-corrected chi connectivity index (χ4v) is 5.83. The van der Waals surface area contributed by atoms with Crippen LogP contribution in [0.4, 0.5) is 17.2 Å². The molecule has 0 spiro atoms. The van der Waals surface area contributed by atoms with Crippen molar-refractivity contribution in [3.63, 3.8) is 0 Å². The molecule has 17 nitrogen and oxygen atoms in total. The van der Waals surface area contributed by atoms with Gasteiger partial charge in [0.15, 0.2) is 23.9 Å². The van der Waals surface area contributed by atoms with E-state index in [1.807, 2.05) is 24.3 Å². The van der Waals surface area contributed by atoms with E-state index in [1.54, 1.807) is 36.1 Å². The van der Waals surface area contributed by atoms with Crippen molar-refractivity contribution in [1.29, 1.82) is 0 Å². The average molecular weight is 705 g/mol. The van der Waals surface area contributed by atoms with E-state index in [1.165, 1.54) is 29.0 Å². The number of carbonyl (C=O) groups excluding carboxylic acids is 3. The van der Waals surface area contributed by atoms with Crippen molar-refractivity contribution in [2.75, 3.05) is 42.5 Å². The molecule has 5 atom stereocenters. The minimum atomic E-state index is -1.41. The van der Waals surface area contributed by atoms with Gasteiger partial charge in [-0.15, -0.1) is 0 Å². The second kappa shape index (κ2) is 17.1. The third-order valence-electron chi connectivity index (χ3n) is 8.67. The first-order chi connectivity index (χ1) is 24.6. The van der Waals surface area contributed by atoms with Crippen LogP contribution in [0.5, 0.6) is 0 Å². The van der Waals surface area contributed by atoms with Gasteiger partial charge in [0.1, 0.15) is 30.2 Å². The number of aromatic nitrogens is 4. The molecule has 0 saturated carbocycles. The molecule has 2 aromatic heterocycles. The van der Waals surface area contributed by atoms with Crippen molar-refractivity contribution in [3.05, 3.63) is 72.3 Å². The number of hydrogen-bond donors (Lipinski definition) is 6. The molecule has 3 amide bonds. The fourth-order valence-electron chi connectivity index (χ4n) is 5.83. The number of imidazole rings is 1. The van der Waals surface area contributed by atoms with Crippen LogP contribution in [-0.4, -0.2) is 104 Å². The van der Waals surface area contributed by atoms with Crippen LogP contribution in [0.2, 0.25) is 0 Å². The van der Waals surface area contributed by atoms with E-state index in [4.69, 9.17) is 21.0 Å². The van der Waals surface area contributed by atoms with E-state index >= 15 is 0 Å². The van der Waals surface area contributed by atoms with E-state index in [0.717, 1.165) is 16.8 Å². The van der Waals surface area contributed by atoms with Crippen LogP contribution < -0.4 is 27.2 Å². The Kier molecular flexibility index (Phi) is 12.5. The molecular weight excluding hydrogens is 660 g/mol. The van der Waals surface area contributed by atoms with E-state index in [2.05, 4.69) is 25.7 Å². The first-order valence-corrected chi connectivity index (χ1v) is 16.6. The van der Waals surface area contributed by atoms with Gasteiger partial charge < -0.3 is 41.5 Å². The third kappa shape index (κ3) is 8.94. The highest BCUT2D eigenvalue weighted by Gasteiger charge is 2.49. The lowest BCUT2D eigenvalue weighted by molar-refractivity contribution is -0.190. The molecule has 1 fully saturated rings. The maximum absolute atomic E-state index is 12.5. The number of aliphatic hydroxyl groups is 2. The lowest BCUT2D eigenvalue weighted by Crippen LogP contribution is -2.52. The summed E-state index contributed by atoms with van der Waals surface area (Å²) in [6, 6.07) is 14.8. The fraction of sp³-hybridized carbons (Fsp3) is 0.412. The predicted octanol–water partition coefficient (Wildman–Crippen LogP) is 0.280. The Hall–Kier alpha value is -5.20. The minimum Gasteiger partial charge on any atom is -0.399 e. The second-order valence-corrected chi connectivity index (χ2v) is 12.1. The zero-order valence-electron chi connectivity index (χ0n) is 28.5. The van der Waals surface area contributed by atoms with Crippen LogP contribution in [-0.2, 0) is 36.8 Å². The number of anilines is 3. The van der Waals surface area contributed by atoms with Gasteiger partial charge in [-0.3, -0.25) is 23.8 Å². The molecule has 8 N–H and O–H groups in total. The lowest BCUT2D eigenvalue weighted by Gasteiger charge is -2.32. The smallest absolute Gasteiger partial charge is 0.223 e. The third-order valence-corrected chi connectivity index (χ3v) is 8.67. The monoisotopic (exact) mass is 704 g/mol. The van der Waals surface area contributed by atoms with Gasteiger partial charge in [-0.1, -0.05) is 24.3 Å². The highest BCUT2D eigenvalue weighted by atomic mass is 16.7. The molecule has 1 aliphatic rings. The van der Waals surface area contributed by atoms with Crippen molar-refractivity contribution in [1.82, 2.24) is 35.2 Å². The summed E-state index contributed by atoms with van der Waals surface area (Å²) in [6.45, 7) is 4.50.